The highest BCUT2D eigenvalue weighted by Gasteiger charge is 2.45. The summed E-state index contributed by atoms with van der Waals surface area (Å²) in [5.41, 5.74) is 1.83. The summed E-state index contributed by atoms with van der Waals surface area (Å²) in [5.74, 6) is 2.46. The molecule has 4 atom stereocenters. The molecule has 0 radical (unpaired) electrons. The summed E-state index contributed by atoms with van der Waals surface area (Å²) >= 11 is 0. The number of anilines is 3. The molecule has 3 aliphatic rings. The number of nitrogens with one attached hydrogen (secondary N) is 3. The monoisotopic (exact) mass is 505 g/mol. The van der Waals surface area contributed by atoms with Crippen LogP contribution < -0.4 is 15.4 Å². The second-order valence-electron chi connectivity index (χ2n) is 9.67. The minimum Gasteiger partial charge on any atom is -0.471 e. The fourth-order valence-corrected chi connectivity index (χ4v) is 7.25. The number of aromatic nitrogens is 4. The van der Waals surface area contributed by atoms with E-state index in [9.17, 15) is 8.42 Å². The van der Waals surface area contributed by atoms with Crippen LogP contribution in [0.25, 0.3) is 0 Å². The van der Waals surface area contributed by atoms with E-state index < -0.39 is 10.0 Å². The molecule has 5 heterocycles. The fourth-order valence-electron chi connectivity index (χ4n) is 5.66. The Morgan fingerprint density at radius 1 is 1.23 bits per heavy atom. The molecule has 3 N–H and O–H groups in total. The minimum absolute atomic E-state index is 0.0235. The normalized spacial score (nSPS) is 27.1. The van der Waals surface area contributed by atoms with Crippen LogP contribution in [0.5, 0.6) is 5.88 Å². The van der Waals surface area contributed by atoms with E-state index in [4.69, 9.17) is 19.4 Å². The van der Waals surface area contributed by atoms with Crippen LogP contribution in [-0.4, -0.2) is 77.1 Å². The summed E-state index contributed by atoms with van der Waals surface area (Å²) in [4.78, 5) is 9.47. The first-order chi connectivity index (χ1) is 16.9. The summed E-state index contributed by atoms with van der Waals surface area (Å²) in [5, 5.41) is 13.7. The first-order valence-electron chi connectivity index (χ1n) is 12.5. The Morgan fingerprint density at radius 3 is 2.60 bits per heavy atom. The Balaban J connectivity index is 1.55. The molecule has 11 nitrogen and oxygen atoms in total. The van der Waals surface area contributed by atoms with Crippen LogP contribution in [0.2, 0.25) is 0 Å². The topological polar surface area (TPSA) is 134 Å². The molecular weight excluding hydrogens is 470 g/mol. The Kier molecular flexibility index (Phi) is 6.86. The molecule has 2 bridgehead atoms. The molecule has 3 saturated heterocycles. The van der Waals surface area contributed by atoms with Gasteiger partial charge in [-0.25, -0.2) is 8.42 Å². The number of nitrogens with zero attached hydrogens (tertiary/aromatic N) is 4. The van der Waals surface area contributed by atoms with Crippen LogP contribution in [-0.2, 0) is 14.8 Å². The number of hydrogen-bond donors (Lipinski definition) is 3. The zero-order valence-corrected chi connectivity index (χ0v) is 21.4. The molecular formula is C23H35N7O4S. The molecule has 3 aliphatic heterocycles. The first-order valence-corrected chi connectivity index (χ1v) is 14.1. The number of ether oxygens (including phenoxy) is 2. The van der Waals surface area contributed by atoms with E-state index in [0.29, 0.717) is 49.5 Å². The van der Waals surface area contributed by atoms with Crippen LogP contribution in [0, 0.1) is 6.92 Å². The Hall–Kier alpha value is -2.44. The van der Waals surface area contributed by atoms with Crippen molar-refractivity contribution in [1.82, 2.24) is 24.5 Å². The van der Waals surface area contributed by atoms with Gasteiger partial charge in [-0.3, -0.25) is 5.10 Å². The van der Waals surface area contributed by atoms with Gasteiger partial charge < -0.3 is 20.1 Å². The van der Waals surface area contributed by atoms with Crippen LogP contribution in [0.1, 0.15) is 62.6 Å². The molecule has 35 heavy (non-hydrogen) atoms. The van der Waals surface area contributed by atoms with Crippen molar-refractivity contribution < 1.29 is 17.9 Å². The standard InChI is InChI=1S/C23H35N7O4S/c1-4-35(31,32)30-16-6-5-7-17(30)12-15(11-16)20-21(25-19-10-14(2)28-29-19)26-23(24-3)27-22(20)34-18-8-9-33-13-18/h10,15-18H,4-9,11-13H2,1-3H3,(H3,24,25,26,27,28,29)/t15?,16-,17+,18?. The third kappa shape index (κ3) is 4.96. The predicted molar refractivity (Wildman–Crippen MR) is 133 cm³/mol. The van der Waals surface area contributed by atoms with E-state index in [1.165, 1.54) is 0 Å². The number of aryl methyl sites for hydroxylation is 1. The second kappa shape index (κ2) is 9.90. The maximum absolute atomic E-state index is 12.9. The van der Waals surface area contributed by atoms with Gasteiger partial charge in [0.05, 0.1) is 24.5 Å². The Morgan fingerprint density at radius 2 is 2.00 bits per heavy atom. The summed E-state index contributed by atoms with van der Waals surface area (Å²) < 4.78 is 39.6. The first kappa shape index (κ1) is 24.3. The predicted octanol–water partition coefficient (Wildman–Crippen LogP) is 2.91. The van der Waals surface area contributed by atoms with Gasteiger partial charge >= 0.3 is 0 Å². The summed E-state index contributed by atoms with van der Waals surface area (Å²) in [7, 11) is -1.49. The van der Waals surface area contributed by atoms with Crippen LogP contribution in [0.4, 0.5) is 17.6 Å². The van der Waals surface area contributed by atoms with Crippen molar-refractivity contribution in [2.45, 2.75) is 76.5 Å². The molecule has 0 aromatic carbocycles. The lowest BCUT2D eigenvalue weighted by molar-refractivity contribution is 0.106. The van der Waals surface area contributed by atoms with Crippen LogP contribution >= 0.6 is 0 Å². The van der Waals surface area contributed by atoms with E-state index in [1.54, 1.807) is 18.3 Å². The van der Waals surface area contributed by atoms with Gasteiger partial charge in [-0.15, -0.1) is 0 Å². The molecule has 3 fully saturated rings. The van der Waals surface area contributed by atoms with Gasteiger partial charge in [-0.2, -0.15) is 19.4 Å². The Bertz CT molecular complexity index is 1130. The molecule has 192 valence electrons. The molecule has 2 unspecified atom stereocenters. The van der Waals surface area contributed by atoms with Crippen LogP contribution in [0.3, 0.4) is 0 Å². The van der Waals surface area contributed by atoms with Crippen molar-refractivity contribution in [3.05, 3.63) is 17.3 Å². The fraction of sp³-hybridized carbons (Fsp3) is 0.696. The molecule has 12 heteroatoms. The molecule has 0 spiro atoms. The number of aromatic amines is 1. The molecule has 5 rings (SSSR count). The van der Waals surface area contributed by atoms with Gasteiger partial charge in [-0.05, 0) is 45.4 Å². The largest absolute Gasteiger partial charge is 0.471 e. The third-order valence-corrected chi connectivity index (χ3v) is 9.22. The van der Waals surface area contributed by atoms with Crippen molar-refractivity contribution in [3.63, 3.8) is 0 Å². The van der Waals surface area contributed by atoms with E-state index >= 15 is 0 Å². The number of hydrogen-bond acceptors (Lipinski definition) is 9. The number of H-pyrrole nitrogens is 1. The molecule has 2 aromatic heterocycles. The summed E-state index contributed by atoms with van der Waals surface area (Å²) in [6.07, 6.45) is 4.94. The van der Waals surface area contributed by atoms with Gasteiger partial charge in [0.15, 0.2) is 5.82 Å². The maximum atomic E-state index is 12.9. The second-order valence-corrected chi connectivity index (χ2v) is 11.8. The van der Waals surface area contributed by atoms with Crippen molar-refractivity contribution >= 4 is 27.6 Å². The zero-order valence-electron chi connectivity index (χ0n) is 20.6. The van der Waals surface area contributed by atoms with E-state index in [0.717, 1.165) is 36.9 Å². The van der Waals surface area contributed by atoms with E-state index in [-0.39, 0.29) is 29.9 Å². The highest BCUT2D eigenvalue weighted by molar-refractivity contribution is 7.89. The van der Waals surface area contributed by atoms with Crippen LogP contribution in [0.15, 0.2) is 6.07 Å². The molecule has 0 saturated carbocycles. The quantitative estimate of drug-likeness (QED) is 0.495. The number of fused-ring (bicyclic) bond motifs is 2. The smallest absolute Gasteiger partial charge is 0.227 e. The summed E-state index contributed by atoms with van der Waals surface area (Å²) in [6.45, 7) is 4.86. The zero-order chi connectivity index (χ0) is 24.6. The molecule has 0 amide bonds. The Labute approximate surface area is 206 Å². The van der Waals surface area contributed by atoms with Gasteiger partial charge in [0.1, 0.15) is 11.9 Å². The van der Waals surface area contributed by atoms with Gasteiger partial charge in [0.2, 0.25) is 21.9 Å². The number of piperidine rings is 2. The molecule has 0 aliphatic carbocycles. The van der Waals surface area contributed by atoms with Gasteiger partial charge in [0.25, 0.3) is 0 Å². The van der Waals surface area contributed by atoms with E-state index in [2.05, 4.69) is 20.8 Å². The number of rotatable bonds is 8. The van der Waals surface area contributed by atoms with Crippen molar-refractivity contribution in [1.29, 1.82) is 0 Å². The van der Waals surface area contributed by atoms with Gasteiger partial charge in [0, 0.05) is 37.3 Å². The highest BCUT2D eigenvalue weighted by Crippen LogP contribution is 2.47. The SMILES string of the molecule is CCS(=O)(=O)N1[C@@H]2CCC[C@H]1CC(c1c(Nc3cc(C)[nH]n3)nc(NC)nc1OC1CCOC1)C2. The minimum atomic E-state index is -3.27. The lowest BCUT2D eigenvalue weighted by Gasteiger charge is -2.48. The average molecular weight is 506 g/mol. The van der Waals surface area contributed by atoms with Gasteiger partial charge in [-0.1, -0.05) is 6.42 Å². The highest BCUT2D eigenvalue weighted by atomic mass is 32.2. The third-order valence-electron chi connectivity index (χ3n) is 7.25. The average Bonchev–Trinajstić information content (AvgIpc) is 3.49. The van der Waals surface area contributed by atoms with Crippen molar-refractivity contribution in [2.24, 2.45) is 0 Å². The molecule has 2 aromatic rings. The lowest BCUT2D eigenvalue weighted by atomic mass is 9.77. The lowest BCUT2D eigenvalue weighted by Crippen LogP contribution is -2.54. The van der Waals surface area contributed by atoms with E-state index in [1.807, 2.05) is 13.0 Å². The number of sulfonamides is 1. The van der Waals surface area contributed by atoms with Crippen molar-refractivity contribution in [3.8, 4) is 5.88 Å². The van der Waals surface area contributed by atoms with Crippen molar-refractivity contribution in [2.75, 3.05) is 36.6 Å². The summed E-state index contributed by atoms with van der Waals surface area (Å²) in [6, 6.07) is 1.87. The maximum Gasteiger partial charge on any atom is 0.227 e.